The fourth-order valence-corrected chi connectivity index (χ4v) is 0.264. The third-order valence-corrected chi connectivity index (χ3v) is 0.514. The number of nitrogens with zero attached hydrogens (tertiary/aromatic N) is 2. The first-order valence-corrected chi connectivity index (χ1v) is 1.80. The van der Waals surface area contributed by atoms with Crippen LogP contribution >= 0.6 is 0 Å². The monoisotopic (exact) mass is 99.0 g/mol. The summed E-state index contributed by atoms with van der Waals surface area (Å²) in [5, 5.41) is 4.38. The average Bonchev–Trinajstić information content (AvgIpc) is 1.69. The molecule has 1 aliphatic rings. The fraction of sp³-hybridized carbons (Fsp3) is 0. The van der Waals surface area contributed by atoms with Gasteiger partial charge in [-0.05, 0) is 6.08 Å². The molecule has 1 aliphatic heterocycles. The van der Waals surface area contributed by atoms with Gasteiger partial charge in [0.25, 0.3) is 0 Å². The van der Waals surface area contributed by atoms with Crippen LogP contribution in [0.2, 0.25) is 0 Å². The molecule has 0 aromatic carbocycles. The molecule has 0 bridgehead atoms. The Kier molecular flexibility index (Phi) is 0.953. The smallest absolute Gasteiger partial charge is 0.125 e. The predicted octanol–water partition coefficient (Wildman–Crippen LogP) is -0.393. The predicted molar refractivity (Wildman–Crippen MR) is 24.7 cm³/mol. The van der Waals surface area contributed by atoms with E-state index in [1.165, 1.54) is 12.5 Å². The van der Waals surface area contributed by atoms with Gasteiger partial charge in [-0.3, -0.25) is 0 Å². The third-order valence-electron chi connectivity index (χ3n) is 0.514. The topological polar surface area (TPSA) is 50.8 Å². The second kappa shape index (κ2) is 1.61. The van der Waals surface area contributed by atoms with Gasteiger partial charge in [0.2, 0.25) is 0 Å². The van der Waals surface area contributed by atoms with Gasteiger partial charge in [0, 0.05) is 0 Å². The molecule has 0 saturated heterocycles. The van der Waals surface area contributed by atoms with E-state index in [2.05, 4.69) is 9.94 Å². The normalized spacial score (nSPS) is 17.0. The average molecular weight is 99.1 g/mol. The second-order valence-corrected chi connectivity index (χ2v) is 1.00. The minimum absolute atomic E-state index is 0.875. The van der Waals surface area contributed by atoms with Crippen molar-refractivity contribution in [1.82, 2.24) is 5.28 Å². The Morgan fingerprint density at radius 2 is 2.57 bits per heavy atom. The van der Waals surface area contributed by atoms with E-state index in [4.69, 9.17) is 5.84 Å². The molecule has 1 rings (SSSR count). The molecule has 0 amide bonds. The summed E-state index contributed by atoms with van der Waals surface area (Å²) in [6.45, 7) is 0. The van der Waals surface area contributed by atoms with Gasteiger partial charge in [-0.25, -0.2) is 0 Å². The maximum absolute atomic E-state index is 5.00. The molecule has 1 heterocycles. The summed E-state index contributed by atoms with van der Waals surface area (Å²) in [5.41, 5.74) is 0. The number of hydrogen-bond acceptors (Lipinski definition) is 4. The Bertz CT molecular complexity index is 109. The van der Waals surface area contributed by atoms with Gasteiger partial charge in [0.1, 0.15) is 6.26 Å². The summed E-state index contributed by atoms with van der Waals surface area (Å²) in [7, 11) is 0. The maximum Gasteiger partial charge on any atom is 0.125 e. The van der Waals surface area contributed by atoms with E-state index in [0.717, 1.165) is 5.28 Å². The molecule has 0 fully saturated rings. The van der Waals surface area contributed by atoms with E-state index in [1.807, 2.05) is 0 Å². The van der Waals surface area contributed by atoms with Crippen molar-refractivity contribution in [3.8, 4) is 0 Å². The summed E-state index contributed by atoms with van der Waals surface area (Å²) in [5.74, 6) is 5.00. The Morgan fingerprint density at radius 1 is 1.71 bits per heavy atom. The molecule has 0 spiro atoms. The van der Waals surface area contributed by atoms with Crippen LogP contribution in [0, 0.1) is 0 Å². The zero-order valence-corrected chi connectivity index (χ0v) is 3.61. The van der Waals surface area contributed by atoms with Crippen molar-refractivity contribution in [3.63, 3.8) is 0 Å². The molecule has 4 heteroatoms. The Morgan fingerprint density at radius 3 is 2.86 bits per heavy atom. The number of allylic oxidation sites excluding steroid dienone is 1. The van der Waals surface area contributed by atoms with Crippen molar-refractivity contribution in [1.29, 1.82) is 0 Å². The highest BCUT2D eigenvalue weighted by atomic mass is 16.7. The highest BCUT2D eigenvalue weighted by Crippen LogP contribution is 1.86. The molecule has 2 N–H and O–H groups in total. The Balaban J connectivity index is 2.49. The van der Waals surface area contributed by atoms with Gasteiger partial charge >= 0.3 is 0 Å². The molecule has 0 unspecified atom stereocenters. The van der Waals surface area contributed by atoms with Crippen molar-refractivity contribution in [2.75, 3.05) is 0 Å². The number of nitrogens with two attached hydrogens (primary N) is 1. The van der Waals surface area contributed by atoms with Gasteiger partial charge in [-0.1, -0.05) is 5.28 Å². The lowest BCUT2D eigenvalue weighted by molar-refractivity contribution is -0.106. The van der Waals surface area contributed by atoms with Gasteiger partial charge in [0.15, 0.2) is 0 Å². The fourth-order valence-electron chi connectivity index (χ4n) is 0.264. The van der Waals surface area contributed by atoms with Gasteiger partial charge in [0.05, 0.1) is 6.21 Å². The summed E-state index contributed by atoms with van der Waals surface area (Å²) in [6, 6.07) is 0. The van der Waals surface area contributed by atoms with Crippen LogP contribution in [-0.2, 0) is 4.84 Å². The highest BCUT2D eigenvalue weighted by molar-refractivity contribution is 5.70. The van der Waals surface area contributed by atoms with Crippen molar-refractivity contribution in [2.45, 2.75) is 0 Å². The minimum atomic E-state index is 0.875. The molecular formula is C3H5N3O. The van der Waals surface area contributed by atoms with Crippen LogP contribution in [0.3, 0.4) is 0 Å². The lowest BCUT2D eigenvalue weighted by Gasteiger charge is -2.09. The van der Waals surface area contributed by atoms with Crippen molar-refractivity contribution in [3.05, 3.63) is 12.3 Å². The molecule has 7 heavy (non-hydrogen) atoms. The van der Waals surface area contributed by atoms with E-state index in [1.54, 1.807) is 6.08 Å². The van der Waals surface area contributed by atoms with Crippen molar-refractivity contribution in [2.24, 2.45) is 10.9 Å². The molecule has 0 radical (unpaired) electrons. The lowest BCUT2D eigenvalue weighted by Crippen LogP contribution is -2.24. The first-order chi connectivity index (χ1) is 3.39. The highest BCUT2D eigenvalue weighted by Gasteiger charge is 1.88. The molecule has 0 aromatic rings. The van der Waals surface area contributed by atoms with Gasteiger partial charge < -0.3 is 4.84 Å². The summed E-state index contributed by atoms with van der Waals surface area (Å²) in [6.07, 6.45) is 4.61. The van der Waals surface area contributed by atoms with Crippen LogP contribution in [0.25, 0.3) is 0 Å². The zero-order chi connectivity index (χ0) is 5.11. The second-order valence-electron chi connectivity index (χ2n) is 1.00. The standard InChI is InChI=1S/C3H5N3O/c4-6-5-2-1-3-7-6/h1-3H,4H2. The quantitative estimate of drug-likeness (QED) is 0.420. The maximum atomic E-state index is 5.00. The van der Waals surface area contributed by atoms with E-state index in [9.17, 15) is 0 Å². The number of hydrazone groups is 1. The van der Waals surface area contributed by atoms with E-state index < -0.39 is 0 Å². The van der Waals surface area contributed by atoms with Crippen LogP contribution in [0.1, 0.15) is 0 Å². The van der Waals surface area contributed by atoms with E-state index >= 15 is 0 Å². The Labute approximate surface area is 40.8 Å². The largest absolute Gasteiger partial charge is 0.355 e. The number of hydrogen-bond donors (Lipinski definition) is 1. The molecule has 4 nitrogen and oxygen atoms in total. The first-order valence-electron chi connectivity index (χ1n) is 1.80. The molecule has 0 aliphatic carbocycles. The minimum Gasteiger partial charge on any atom is -0.355 e. The molecule has 0 aromatic heterocycles. The van der Waals surface area contributed by atoms with Crippen LogP contribution in [0.5, 0.6) is 0 Å². The SMILES string of the molecule is NN1N=CC=CO1. The van der Waals surface area contributed by atoms with E-state index in [-0.39, 0.29) is 0 Å². The summed E-state index contributed by atoms with van der Waals surface area (Å²) >= 11 is 0. The van der Waals surface area contributed by atoms with Crippen molar-refractivity contribution >= 4 is 6.21 Å². The lowest BCUT2D eigenvalue weighted by atomic mass is 10.7. The Hall–Kier alpha value is -1.03. The van der Waals surface area contributed by atoms with E-state index in [0.29, 0.717) is 0 Å². The molecule has 0 atom stereocenters. The van der Waals surface area contributed by atoms with Crippen LogP contribution in [0.15, 0.2) is 17.4 Å². The molecule has 38 valence electrons. The van der Waals surface area contributed by atoms with Gasteiger partial charge in [-0.15, -0.1) is 5.10 Å². The van der Waals surface area contributed by atoms with Crippen LogP contribution in [0.4, 0.5) is 0 Å². The van der Waals surface area contributed by atoms with Gasteiger partial charge in [-0.2, -0.15) is 5.84 Å². The van der Waals surface area contributed by atoms with Crippen molar-refractivity contribution < 1.29 is 4.84 Å². The first kappa shape index (κ1) is 4.14. The third kappa shape index (κ3) is 0.902. The number of hydrazine groups is 1. The summed E-state index contributed by atoms with van der Waals surface area (Å²) < 4.78 is 0. The van der Waals surface area contributed by atoms with Crippen LogP contribution < -0.4 is 5.84 Å². The van der Waals surface area contributed by atoms with Crippen LogP contribution in [-0.4, -0.2) is 11.5 Å². The number of rotatable bonds is 0. The molecular weight excluding hydrogens is 94.1 g/mol. The summed E-state index contributed by atoms with van der Waals surface area (Å²) in [4.78, 5) is 4.51. The zero-order valence-electron chi connectivity index (χ0n) is 3.61. The molecule has 0 saturated carbocycles.